The van der Waals surface area contributed by atoms with E-state index in [1.807, 2.05) is 6.07 Å². The van der Waals surface area contributed by atoms with Crippen molar-refractivity contribution >= 4 is 9.84 Å². The zero-order valence-electron chi connectivity index (χ0n) is 15.4. The van der Waals surface area contributed by atoms with E-state index >= 15 is 0 Å². The van der Waals surface area contributed by atoms with Crippen LogP contribution < -0.4 is 5.56 Å². The molecule has 0 unspecified atom stereocenters. The number of rotatable bonds is 4. The Kier molecular flexibility index (Phi) is 4.77. The monoisotopic (exact) mass is 404 g/mol. The second kappa shape index (κ2) is 7.40. The number of benzene rings is 1. The van der Waals surface area contributed by atoms with E-state index in [2.05, 4.69) is 15.1 Å². The summed E-state index contributed by atoms with van der Waals surface area (Å²) in [6, 6.07) is 16.7. The van der Waals surface area contributed by atoms with Crippen LogP contribution in [0.3, 0.4) is 0 Å². The van der Waals surface area contributed by atoms with Gasteiger partial charge in [0.25, 0.3) is 5.56 Å². The number of sulfone groups is 1. The fourth-order valence-electron chi connectivity index (χ4n) is 2.87. The molecule has 0 bridgehead atoms. The molecule has 3 aromatic heterocycles. The molecule has 0 radical (unpaired) electrons. The Morgan fingerprint density at radius 1 is 0.897 bits per heavy atom. The van der Waals surface area contributed by atoms with Crippen LogP contribution in [0.5, 0.6) is 0 Å². The molecule has 0 aliphatic heterocycles. The average Bonchev–Trinajstić information content (AvgIpc) is 2.75. The van der Waals surface area contributed by atoms with Crippen LogP contribution in [0.2, 0.25) is 0 Å². The highest BCUT2D eigenvalue weighted by molar-refractivity contribution is 7.90. The fourth-order valence-corrected chi connectivity index (χ4v) is 3.50. The van der Waals surface area contributed by atoms with Crippen molar-refractivity contribution in [2.24, 2.45) is 0 Å². The molecule has 8 heteroatoms. The molecule has 4 rings (SSSR count). The Bertz CT molecular complexity index is 1320. The van der Waals surface area contributed by atoms with Gasteiger partial charge in [-0.05, 0) is 48.5 Å². The maximum absolute atomic E-state index is 13.2. The molecule has 0 spiro atoms. The van der Waals surface area contributed by atoms with Crippen molar-refractivity contribution in [2.45, 2.75) is 4.90 Å². The van der Waals surface area contributed by atoms with Gasteiger partial charge in [0.05, 0.1) is 21.8 Å². The van der Waals surface area contributed by atoms with Crippen molar-refractivity contribution < 1.29 is 8.42 Å². The van der Waals surface area contributed by atoms with Crippen LogP contribution in [0.15, 0.2) is 88.9 Å². The second-order valence-electron chi connectivity index (χ2n) is 6.38. The van der Waals surface area contributed by atoms with Crippen molar-refractivity contribution in [2.75, 3.05) is 6.26 Å². The van der Waals surface area contributed by atoms with Crippen LogP contribution in [0.1, 0.15) is 0 Å². The van der Waals surface area contributed by atoms with E-state index in [0.717, 1.165) is 6.26 Å². The molecule has 0 aliphatic rings. The van der Waals surface area contributed by atoms with Crippen LogP contribution in [0.25, 0.3) is 28.2 Å². The van der Waals surface area contributed by atoms with Gasteiger partial charge in [-0.2, -0.15) is 9.78 Å². The maximum Gasteiger partial charge on any atom is 0.279 e. The normalized spacial score (nSPS) is 11.3. The highest BCUT2D eigenvalue weighted by atomic mass is 32.2. The minimum atomic E-state index is -3.34. The molecule has 7 nitrogen and oxygen atoms in total. The van der Waals surface area contributed by atoms with Gasteiger partial charge in [0.1, 0.15) is 5.69 Å². The predicted octanol–water partition coefficient (Wildman–Crippen LogP) is 2.76. The van der Waals surface area contributed by atoms with Gasteiger partial charge in [0.2, 0.25) is 0 Å². The molecule has 0 atom stereocenters. The molecule has 144 valence electrons. The highest BCUT2D eigenvalue weighted by Gasteiger charge is 2.15. The summed E-state index contributed by atoms with van der Waals surface area (Å²) < 4.78 is 24.7. The van der Waals surface area contributed by atoms with E-state index in [4.69, 9.17) is 0 Å². The Labute approximate surface area is 167 Å². The first-order chi connectivity index (χ1) is 13.9. The first-order valence-electron chi connectivity index (χ1n) is 8.70. The lowest BCUT2D eigenvalue weighted by Crippen LogP contribution is -2.23. The summed E-state index contributed by atoms with van der Waals surface area (Å²) in [6.45, 7) is 0. The van der Waals surface area contributed by atoms with Gasteiger partial charge in [0, 0.05) is 30.4 Å². The van der Waals surface area contributed by atoms with E-state index in [1.54, 1.807) is 61.1 Å². The SMILES string of the molecule is CS(=O)(=O)c1ccc(-n2nc(-c3ccccn3)cc(-c3cccnc3)c2=O)cc1. The lowest BCUT2D eigenvalue weighted by Gasteiger charge is -2.11. The third kappa shape index (κ3) is 3.83. The number of aromatic nitrogens is 4. The number of hydrogen-bond acceptors (Lipinski definition) is 6. The molecule has 0 aliphatic carbocycles. The van der Waals surface area contributed by atoms with Crippen molar-refractivity contribution in [1.82, 2.24) is 19.7 Å². The zero-order valence-corrected chi connectivity index (χ0v) is 16.2. The third-order valence-corrected chi connectivity index (χ3v) is 5.45. The molecule has 0 saturated carbocycles. The summed E-state index contributed by atoms with van der Waals surface area (Å²) in [4.78, 5) is 21.8. The van der Waals surface area contributed by atoms with E-state index in [0.29, 0.717) is 28.2 Å². The van der Waals surface area contributed by atoms with Gasteiger partial charge < -0.3 is 0 Å². The number of nitrogens with zero attached hydrogens (tertiary/aromatic N) is 4. The zero-order chi connectivity index (χ0) is 20.4. The quantitative estimate of drug-likeness (QED) is 0.519. The average molecular weight is 404 g/mol. The van der Waals surface area contributed by atoms with Gasteiger partial charge in [-0.3, -0.25) is 14.8 Å². The second-order valence-corrected chi connectivity index (χ2v) is 8.40. The molecular weight excluding hydrogens is 388 g/mol. The third-order valence-electron chi connectivity index (χ3n) is 4.32. The summed E-state index contributed by atoms with van der Waals surface area (Å²) in [7, 11) is -3.34. The topological polar surface area (TPSA) is 94.8 Å². The molecule has 4 aromatic rings. The molecule has 0 amide bonds. The summed E-state index contributed by atoms with van der Waals surface area (Å²) in [5, 5.41) is 4.46. The molecule has 3 heterocycles. The lowest BCUT2D eigenvalue weighted by atomic mass is 10.1. The summed E-state index contributed by atoms with van der Waals surface area (Å²) >= 11 is 0. The maximum atomic E-state index is 13.2. The Balaban J connectivity index is 1.95. The molecule has 0 saturated heterocycles. The van der Waals surface area contributed by atoms with Gasteiger partial charge in [-0.25, -0.2) is 8.42 Å². The smallest absolute Gasteiger partial charge is 0.267 e. The Hall–Kier alpha value is -3.65. The van der Waals surface area contributed by atoms with Crippen molar-refractivity contribution in [3.8, 4) is 28.2 Å². The van der Waals surface area contributed by atoms with Crippen LogP contribution in [0, 0.1) is 0 Å². The molecule has 29 heavy (non-hydrogen) atoms. The highest BCUT2D eigenvalue weighted by Crippen LogP contribution is 2.21. The van der Waals surface area contributed by atoms with Gasteiger partial charge in [-0.1, -0.05) is 12.1 Å². The Morgan fingerprint density at radius 2 is 1.69 bits per heavy atom. The summed E-state index contributed by atoms with van der Waals surface area (Å²) in [5.74, 6) is 0. The number of hydrogen-bond donors (Lipinski definition) is 0. The van der Waals surface area contributed by atoms with Gasteiger partial charge >= 0.3 is 0 Å². The van der Waals surface area contributed by atoms with Crippen LogP contribution >= 0.6 is 0 Å². The van der Waals surface area contributed by atoms with E-state index < -0.39 is 9.84 Å². The summed E-state index contributed by atoms with van der Waals surface area (Å²) in [5.41, 5.74) is 2.30. The summed E-state index contributed by atoms with van der Waals surface area (Å²) in [6.07, 6.45) is 6.02. The molecule has 0 N–H and O–H groups in total. The Morgan fingerprint density at radius 3 is 2.31 bits per heavy atom. The molecule has 1 aromatic carbocycles. The predicted molar refractivity (Wildman–Crippen MR) is 109 cm³/mol. The lowest BCUT2D eigenvalue weighted by molar-refractivity contribution is 0.602. The fraction of sp³-hybridized carbons (Fsp3) is 0.0476. The van der Waals surface area contributed by atoms with E-state index in [9.17, 15) is 13.2 Å². The largest absolute Gasteiger partial charge is 0.279 e. The van der Waals surface area contributed by atoms with Crippen LogP contribution in [0.4, 0.5) is 0 Å². The van der Waals surface area contributed by atoms with Crippen molar-refractivity contribution in [3.63, 3.8) is 0 Å². The standard InChI is InChI=1S/C21H16N4O3S/c1-29(27,28)17-9-7-16(8-10-17)25-21(26)18(15-5-4-11-22-14-15)13-20(24-25)19-6-2-3-12-23-19/h2-14H,1H3. The first kappa shape index (κ1) is 18.7. The molecular formula is C21H16N4O3S. The van der Waals surface area contributed by atoms with Crippen LogP contribution in [-0.4, -0.2) is 34.4 Å². The van der Waals surface area contributed by atoms with E-state index in [-0.39, 0.29) is 10.5 Å². The van der Waals surface area contributed by atoms with Crippen LogP contribution in [-0.2, 0) is 9.84 Å². The van der Waals surface area contributed by atoms with Gasteiger partial charge in [-0.15, -0.1) is 0 Å². The minimum absolute atomic E-state index is 0.169. The number of pyridine rings is 2. The minimum Gasteiger partial charge on any atom is -0.267 e. The van der Waals surface area contributed by atoms with Crippen molar-refractivity contribution in [3.05, 3.63) is 89.6 Å². The van der Waals surface area contributed by atoms with Gasteiger partial charge in [0.15, 0.2) is 9.84 Å². The first-order valence-corrected chi connectivity index (χ1v) is 10.6. The molecule has 0 fully saturated rings. The van der Waals surface area contributed by atoms with Crippen molar-refractivity contribution in [1.29, 1.82) is 0 Å². The van der Waals surface area contributed by atoms with E-state index in [1.165, 1.54) is 16.8 Å².